The summed E-state index contributed by atoms with van der Waals surface area (Å²) in [5.74, 6) is -1.18. The first kappa shape index (κ1) is 23.0. The molecule has 0 radical (unpaired) electrons. The number of rotatable bonds is 5. The van der Waals surface area contributed by atoms with E-state index < -0.39 is 41.7 Å². The highest BCUT2D eigenvalue weighted by Crippen LogP contribution is 2.48. The topological polar surface area (TPSA) is 89.5 Å². The number of cyclic esters (lactones) is 1. The van der Waals surface area contributed by atoms with Crippen LogP contribution in [0, 0.1) is 5.82 Å². The van der Waals surface area contributed by atoms with Gasteiger partial charge < -0.3 is 14.8 Å². The van der Waals surface area contributed by atoms with Crippen LogP contribution >= 0.6 is 0 Å². The minimum absolute atomic E-state index is 0.0581. The van der Waals surface area contributed by atoms with Crippen LogP contribution in [0.15, 0.2) is 60.8 Å². The van der Waals surface area contributed by atoms with Crippen molar-refractivity contribution in [3.63, 3.8) is 0 Å². The number of carbonyl (C=O) groups is 2. The number of carbonyl (C=O) groups excluding carboxylic acids is 2. The van der Waals surface area contributed by atoms with E-state index in [0.717, 1.165) is 24.3 Å². The molecule has 2 aromatic carbocycles. The highest BCUT2D eigenvalue weighted by atomic mass is 19.4. The number of hydrogen-bond acceptors (Lipinski definition) is 5. The summed E-state index contributed by atoms with van der Waals surface area (Å²) in [6, 6.07) is 11.5. The Hall–Kier alpha value is -4.15. The number of benzene rings is 2. The molecule has 0 spiro atoms. The van der Waals surface area contributed by atoms with Gasteiger partial charge in [-0.05, 0) is 48.0 Å². The minimum atomic E-state index is -5.09. The van der Waals surface area contributed by atoms with Crippen LogP contribution in [0.25, 0.3) is 11.1 Å². The van der Waals surface area contributed by atoms with Gasteiger partial charge in [-0.15, -0.1) is 0 Å². The number of alkyl halides is 3. The Morgan fingerprint density at radius 3 is 2.44 bits per heavy atom. The monoisotopic (exact) mass is 475 g/mol. The predicted octanol–water partition coefficient (Wildman–Crippen LogP) is 4.65. The van der Waals surface area contributed by atoms with Gasteiger partial charge in [0.05, 0.1) is 19.3 Å². The zero-order valence-corrected chi connectivity index (χ0v) is 17.6. The zero-order valence-electron chi connectivity index (χ0n) is 17.6. The summed E-state index contributed by atoms with van der Waals surface area (Å²) >= 11 is 0. The lowest BCUT2D eigenvalue weighted by molar-refractivity contribution is -0.261. The van der Waals surface area contributed by atoms with Crippen LogP contribution < -0.4 is 15.4 Å². The lowest BCUT2D eigenvalue weighted by Gasteiger charge is -2.39. The third-order valence-corrected chi connectivity index (χ3v) is 5.30. The van der Waals surface area contributed by atoms with Gasteiger partial charge in [0.2, 0.25) is 5.88 Å². The second kappa shape index (κ2) is 8.65. The lowest BCUT2D eigenvalue weighted by Crippen LogP contribution is -2.56. The molecule has 0 fully saturated rings. The highest BCUT2D eigenvalue weighted by molar-refractivity contribution is 5.94. The van der Waals surface area contributed by atoms with Crippen molar-refractivity contribution in [1.29, 1.82) is 0 Å². The van der Waals surface area contributed by atoms with Crippen LogP contribution in [0.4, 0.5) is 28.0 Å². The van der Waals surface area contributed by atoms with E-state index in [1.165, 1.54) is 31.5 Å². The Morgan fingerprint density at radius 2 is 1.82 bits per heavy atom. The maximum Gasteiger partial charge on any atom is 0.434 e. The SMILES string of the molecule is COc1ccc(-c2ccc3c(c2)C(CNC(=O)c2ccc(F)cc2)(C(F)(F)F)OC(=O)N3)cn1. The van der Waals surface area contributed by atoms with E-state index in [2.05, 4.69) is 15.6 Å². The number of fused-ring (bicyclic) bond motifs is 1. The predicted molar refractivity (Wildman–Crippen MR) is 113 cm³/mol. The summed E-state index contributed by atoms with van der Waals surface area (Å²) in [6.07, 6.45) is -4.99. The lowest BCUT2D eigenvalue weighted by atomic mass is 9.87. The molecule has 1 unspecified atom stereocenters. The summed E-state index contributed by atoms with van der Waals surface area (Å²) < 4.78 is 66.3. The van der Waals surface area contributed by atoms with Crippen molar-refractivity contribution in [2.24, 2.45) is 0 Å². The van der Waals surface area contributed by atoms with Gasteiger partial charge in [-0.3, -0.25) is 10.1 Å². The van der Waals surface area contributed by atoms with Crippen molar-refractivity contribution in [2.75, 3.05) is 19.0 Å². The summed E-state index contributed by atoms with van der Waals surface area (Å²) in [4.78, 5) is 28.5. The highest BCUT2D eigenvalue weighted by Gasteiger charge is 2.62. The van der Waals surface area contributed by atoms with E-state index in [4.69, 9.17) is 9.47 Å². The van der Waals surface area contributed by atoms with E-state index >= 15 is 0 Å². The summed E-state index contributed by atoms with van der Waals surface area (Å²) in [7, 11) is 1.43. The zero-order chi connectivity index (χ0) is 24.5. The number of nitrogens with one attached hydrogen (secondary N) is 2. The van der Waals surface area contributed by atoms with Crippen molar-refractivity contribution in [2.45, 2.75) is 11.8 Å². The van der Waals surface area contributed by atoms with Gasteiger partial charge in [0.25, 0.3) is 11.5 Å². The molecular weight excluding hydrogens is 458 g/mol. The van der Waals surface area contributed by atoms with Gasteiger partial charge >= 0.3 is 12.3 Å². The van der Waals surface area contributed by atoms with Gasteiger partial charge in [0, 0.05) is 29.0 Å². The van der Waals surface area contributed by atoms with E-state index in [9.17, 15) is 27.2 Å². The number of anilines is 1. The molecule has 0 bridgehead atoms. The first-order valence-corrected chi connectivity index (χ1v) is 9.88. The molecular formula is C23H17F4N3O4. The first-order valence-electron chi connectivity index (χ1n) is 9.88. The maximum absolute atomic E-state index is 14.5. The molecule has 176 valence electrons. The molecule has 2 amide bonds. The van der Waals surface area contributed by atoms with Crippen LogP contribution in [0.1, 0.15) is 15.9 Å². The average Bonchev–Trinajstić information content (AvgIpc) is 2.81. The molecule has 34 heavy (non-hydrogen) atoms. The number of ether oxygens (including phenoxy) is 2. The van der Waals surface area contributed by atoms with Crippen molar-refractivity contribution in [3.8, 4) is 17.0 Å². The summed E-state index contributed by atoms with van der Waals surface area (Å²) in [5.41, 5.74) is -2.88. The summed E-state index contributed by atoms with van der Waals surface area (Å²) in [5, 5.41) is 4.41. The fourth-order valence-corrected chi connectivity index (χ4v) is 3.54. The number of pyridine rings is 1. The van der Waals surface area contributed by atoms with Gasteiger partial charge in [-0.1, -0.05) is 6.07 Å². The number of methoxy groups -OCH3 is 1. The number of aromatic nitrogens is 1. The van der Waals surface area contributed by atoms with Crippen molar-refractivity contribution < 1.29 is 36.6 Å². The van der Waals surface area contributed by atoms with Gasteiger partial charge in [-0.25, -0.2) is 14.2 Å². The largest absolute Gasteiger partial charge is 0.481 e. The Balaban J connectivity index is 1.74. The average molecular weight is 475 g/mol. The molecule has 11 heteroatoms. The van der Waals surface area contributed by atoms with Gasteiger partial charge in [0.1, 0.15) is 5.82 Å². The molecule has 3 aromatic rings. The normalized spacial score (nSPS) is 17.3. The van der Waals surface area contributed by atoms with E-state index in [1.807, 2.05) is 0 Å². The second-order valence-electron chi connectivity index (χ2n) is 7.38. The van der Waals surface area contributed by atoms with Crippen molar-refractivity contribution >= 4 is 17.7 Å². The number of nitrogens with zero attached hydrogens (tertiary/aromatic N) is 1. The Labute approximate surface area is 190 Å². The van der Waals surface area contributed by atoms with E-state index in [0.29, 0.717) is 17.0 Å². The molecule has 0 saturated heterocycles. The van der Waals surface area contributed by atoms with Crippen molar-refractivity contribution in [3.05, 3.63) is 77.7 Å². The molecule has 0 saturated carbocycles. The second-order valence-corrected chi connectivity index (χ2v) is 7.38. The van der Waals surface area contributed by atoms with Crippen LogP contribution in [0.5, 0.6) is 5.88 Å². The first-order chi connectivity index (χ1) is 16.1. The molecule has 1 atom stereocenters. The van der Waals surface area contributed by atoms with E-state index in [1.54, 1.807) is 12.1 Å². The van der Waals surface area contributed by atoms with Crippen LogP contribution in [-0.4, -0.2) is 36.8 Å². The fourth-order valence-electron chi connectivity index (χ4n) is 3.54. The Bertz CT molecular complexity index is 1230. The number of amides is 2. The van der Waals surface area contributed by atoms with E-state index in [-0.39, 0.29) is 11.3 Å². The fraction of sp³-hybridized carbons (Fsp3) is 0.174. The molecule has 2 heterocycles. The van der Waals surface area contributed by atoms with Gasteiger partial charge in [-0.2, -0.15) is 13.2 Å². The number of halogens is 4. The minimum Gasteiger partial charge on any atom is -0.481 e. The third-order valence-electron chi connectivity index (χ3n) is 5.30. The quantitative estimate of drug-likeness (QED) is 0.525. The molecule has 2 N–H and O–H groups in total. The standard InChI is InChI=1S/C23H17F4N3O4/c1-33-19-9-5-15(11-28-19)14-4-8-18-17(10-14)22(23(25,26)27,34-21(32)30-18)12-29-20(31)13-2-6-16(24)7-3-13/h2-11H,12H2,1H3,(H,29,31)(H,30,32). The van der Waals surface area contributed by atoms with Crippen LogP contribution in [0.3, 0.4) is 0 Å². The molecule has 4 rings (SSSR count). The third kappa shape index (κ3) is 4.24. The van der Waals surface area contributed by atoms with Crippen LogP contribution in [0.2, 0.25) is 0 Å². The molecule has 0 aliphatic carbocycles. The van der Waals surface area contributed by atoms with Crippen LogP contribution in [-0.2, 0) is 10.3 Å². The maximum atomic E-state index is 14.5. The smallest absolute Gasteiger partial charge is 0.434 e. The Kier molecular flexibility index (Phi) is 5.86. The molecule has 1 aromatic heterocycles. The number of hydrogen-bond donors (Lipinski definition) is 2. The van der Waals surface area contributed by atoms with Crippen molar-refractivity contribution in [1.82, 2.24) is 10.3 Å². The molecule has 1 aliphatic rings. The Morgan fingerprint density at radius 1 is 1.12 bits per heavy atom. The summed E-state index contributed by atoms with van der Waals surface area (Å²) in [6.45, 7) is -1.10. The van der Waals surface area contributed by atoms with Gasteiger partial charge in [0.15, 0.2) is 0 Å². The molecule has 1 aliphatic heterocycles. The molecule has 7 nitrogen and oxygen atoms in total.